The van der Waals surface area contributed by atoms with E-state index >= 15 is 0 Å². The van der Waals surface area contributed by atoms with Crippen molar-refractivity contribution >= 4 is 34.9 Å². The van der Waals surface area contributed by atoms with E-state index in [0.29, 0.717) is 29.4 Å². The molecule has 1 aromatic heterocycles. The molecular formula is C36H37N3O3. The maximum atomic E-state index is 8.29. The fraction of sp³-hybridized carbons (Fsp3) is 0.222. The lowest BCUT2D eigenvalue weighted by Gasteiger charge is -2.32. The molecule has 6 nitrogen and oxygen atoms in total. The van der Waals surface area contributed by atoms with Gasteiger partial charge in [0.25, 0.3) is 5.90 Å². The van der Waals surface area contributed by atoms with Gasteiger partial charge in [0.15, 0.2) is 17.1 Å². The fourth-order valence-electron chi connectivity index (χ4n) is 5.23. The second-order valence-corrected chi connectivity index (χ2v) is 10.0. The highest BCUT2D eigenvalue weighted by atomic mass is 16.5. The quantitative estimate of drug-likeness (QED) is 0.0893. The van der Waals surface area contributed by atoms with Gasteiger partial charge >= 0.3 is 0 Å². The molecule has 214 valence electrons. The van der Waals surface area contributed by atoms with E-state index in [4.69, 9.17) is 24.7 Å². The number of hydrogen-bond acceptors (Lipinski definition) is 6. The van der Waals surface area contributed by atoms with E-state index in [2.05, 4.69) is 49.1 Å². The average molecular weight is 560 g/mol. The molecule has 0 unspecified atom stereocenters. The average Bonchev–Trinajstić information content (AvgIpc) is 3.50. The summed E-state index contributed by atoms with van der Waals surface area (Å²) in [6.07, 6.45) is 15.0. The fourth-order valence-corrected chi connectivity index (χ4v) is 5.23. The van der Waals surface area contributed by atoms with Gasteiger partial charge in [-0.15, -0.1) is 12.8 Å². The van der Waals surface area contributed by atoms with Crippen molar-refractivity contribution in [3.8, 4) is 18.6 Å². The van der Waals surface area contributed by atoms with Crippen LogP contribution in [0.1, 0.15) is 53.2 Å². The van der Waals surface area contributed by atoms with Crippen LogP contribution in [0, 0.1) is 23.7 Å². The van der Waals surface area contributed by atoms with Gasteiger partial charge in [0.2, 0.25) is 5.90 Å². The van der Waals surface area contributed by atoms with Crippen molar-refractivity contribution in [2.45, 2.75) is 25.2 Å². The normalized spacial score (nSPS) is 13.5. The Kier molecular flexibility index (Phi) is 10.5. The molecule has 0 amide bonds. The third kappa shape index (κ3) is 7.25. The number of terminal acetylenes is 1. The predicted molar refractivity (Wildman–Crippen MR) is 172 cm³/mol. The molecule has 0 bridgehead atoms. The summed E-state index contributed by atoms with van der Waals surface area (Å²) in [5.74, 6) is 1.17. The maximum absolute atomic E-state index is 8.29. The maximum Gasteiger partial charge on any atom is 0.257 e. The molecule has 1 saturated heterocycles. The van der Waals surface area contributed by atoms with Crippen LogP contribution in [0.5, 0.6) is 5.75 Å². The van der Waals surface area contributed by atoms with E-state index < -0.39 is 0 Å². The van der Waals surface area contributed by atoms with Gasteiger partial charge in [-0.05, 0) is 79.2 Å². The van der Waals surface area contributed by atoms with Crippen LogP contribution in [0.4, 0.5) is 0 Å². The standard InChI is InChI=1S/C34H35N3O3.C2H2/c1-3-24-14-15-28(22-25(24)4-2)26-16-19-37(20-17-26)18-9-21-38-30-13-8-12-29-23-31(39-32(29)30)34(36)40-33(35)27-10-6-5-7-11-27;1-2/h3-8,10-15,22-23,26,35-36H,1-2,9,16-21H2;1-2H. The first-order valence-corrected chi connectivity index (χ1v) is 14.1. The zero-order valence-electron chi connectivity index (χ0n) is 23.9. The Morgan fingerprint density at radius 2 is 1.64 bits per heavy atom. The van der Waals surface area contributed by atoms with Crippen molar-refractivity contribution in [2.24, 2.45) is 0 Å². The van der Waals surface area contributed by atoms with E-state index in [1.54, 1.807) is 18.2 Å². The second-order valence-electron chi connectivity index (χ2n) is 10.0. The van der Waals surface area contributed by atoms with Crippen molar-refractivity contribution in [2.75, 3.05) is 26.2 Å². The monoisotopic (exact) mass is 559 g/mol. The number of hydrogen-bond donors (Lipinski definition) is 2. The van der Waals surface area contributed by atoms with Crippen LogP contribution in [0.2, 0.25) is 0 Å². The first kappa shape index (κ1) is 30.1. The largest absolute Gasteiger partial charge is 0.490 e. The van der Waals surface area contributed by atoms with Crippen molar-refractivity contribution in [1.29, 1.82) is 10.8 Å². The zero-order chi connectivity index (χ0) is 29.9. The number of furan rings is 1. The predicted octanol–water partition coefficient (Wildman–Crippen LogP) is 7.98. The first-order chi connectivity index (χ1) is 20.6. The van der Waals surface area contributed by atoms with Crippen LogP contribution < -0.4 is 4.74 Å². The summed E-state index contributed by atoms with van der Waals surface area (Å²) < 4.78 is 17.5. The van der Waals surface area contributed by atoms with Gasteiger partial charge in [0, 0.05) is 17.5 Å². The molecule has 42 heavy (non-hydrogen) atoms. The van der Waals surface area contributed by atoms with Crippen molar-refractivity contribution in [3.63, 3.8) is 0 Å². The van der Waals surface area contributed by atoms with Crippen LogP contribution in [0.25, 0.3) is 23.1 Å². The van der Waals surface area contributed by atoms with Crippen LogP contribution >= 0.6 is 0 Å². The number of para-hydroxylation sites is 1. The third-order valence-corrected chi connectivity index (χ3v) is 7.46. The molecule has 6 heteroatoms. The summed E-state index contributed by atoms with van der Waals surface area (Å²) in [6, 6.07) is 23.2. The summed E-state index contributed by atoms with van der Waals surface area (Å²) in [4.78, 5) is 2.51. The highest BCUT2D eigenvalue weighted by Gasteiger charge is 2.21. The number of piperidine rings is 1. The Morgan fingerprint density at radius 1 is 0.905 bits per heavy atom. The molecule has 3 aromatic carbocycles. The molecule has 2 N–H and O–H groups in total. The van der Waals surface area contributed by atoms with E-state index in [0.717, 1.165) is 55.4 Å². The lowest BCUT2D eigenvalue weighted by molar-refractivity contribution is 0.193. The highest BCUT2D eigenvalue weighted by molar-refractivity contribution is 6.05. The van der Waals surface area contributed by atoms with Gasteiger partial charge in [-0.3, -0.25) is 10.8 Å². The Labute approximate surface area is 248 Å². The van der Waals surface area contributed by atoms with Crippen molar-refractivity contribution < 1.29 is 13.9 Å². The summed E-state index contributed by atoms with van der Waals surface area (Å²) in [7, 11) is 0. The summed E-state index contributed by atoms with van der Waals surface area (Å²) >= 11 is 0. The van der Waals surface area contributed by atoms with Crippen LogP contribution in [-0.4, -0.2) is 42.9 Å². The first-order valence-electron chi connectivity index (χ1n) is 14.1. The highest BCUT2D eigenvalue weighted by Crippen LogP contribution is 2.31. The van der Waals surface area contributed by atoms with E-state index in [9.17, 15) is 0 Å². The lowest BCUT2D eigenvalue weighted by Crippen LogP contribution is -2.34. The molecule has 1 aliphatic rings. The number of nitrogens with zero attached hydrogens (tertiary/aromatic N) is 1. The minimum atomic E-state index is -0.211. The molecule has 0 radical (unpaired) electrons. The van der Waals surface area contributed by atoms with Gasteiger partial charge in [-0.2, -0.15) is 0 Å². The smallest absolute Gasteiger partial charge is 0.257 e. The molecule has 0 atom stereocenters. The molecule has 1 aliphatic heterocycles. The third-order valence-electron chi connectivity index (χ3n) is 7.46. The summed E-state index contributed by atoms with van der Waals surface area (Å²) in [5.41, 5.74) is 4.86. The van der Waals surface area contributed by atoms with Gasteiger partial charge in [0.1, 0.15) is 0 Å². The van der Waals surface area contributed by atoms with Crippen molar-refractivity contribution in [3.05, 3.63) is 114 Å². The zero-order valence-corrected chi connectivity index (χ0v) is 23.9. The Morgan fingerprint density at radius 3 is 2.36 bits per heavy atom. The van der Waals surface area contributed by atoms with Gasteiger partial charge in [-0.1, -0.05) is 73.8 Å². The van der Waals surface area contributed by atoms with Crippen LogP contribution in [0.3, 0.4) is 0 Å². The number of fused-ring (bicyclic) bond motifs is 1. The lowest BCUT2D eigenvalue weighted by atomic mass is 9.87. The molecule has 1 fully saturated rings. The van der Waals surface area contributed by atoms with Crippen LogP contribution in [-0.2, 0) is 4.74 Å². The Bertz CT molecular complexity index is 1560. The van der Waals surface area contributed by atoms with Crippen LogP contribution in [0.15, 0.2) is 90.4 Å². The SMILES string of the molecule is C#C.C=Cc1ccc(C2CCN(CCCOc3cccc4cc(C(=N)OC(=N)c5ccccc5)oc34)CC2)cc1C=C. The molecule has 2 heterocycles. The number of nitrogens with one attached hydrogen (secondary N) is 2. The van der Waals surface area contributed by atoms with Gasteiger partial charge in [-0.25, -0.2) is 0 Å². The molecule has 4 aromatic rings. The van der Waals surface area contributed by atoms with E-state index in [1.807, 2.05) is 48.6 Å². The minimum Gasteiger partial charge on any atom is -0.490 e. The summed E-state index contributed by atoms with van der Waals surface area (Å²) in [6.45, 7) is 11.6. The van der Waals surface area contributed by atoms with Gasteiger partial charge in [0.05, 0.1) is 6.61 Å². The second kappa shape index (κ2) is 14.7. The van der Waals surface area contributed by atoms with E-state index in [-0.39, 0.29) is 17.6 Å². The number of benzene rings is 3. The van der Waals surface area contributed by atoms with Crippen molar-refractivity contribution in [1.82, 2.24) is 4.90 Å². The Hall–Kier alpha value is -4.86. The molecule has 0 spiro atoms. The van der Waals surface area contributed by atoms with E-state index in [1.165, 1.54) is 5.56 Å². The minimum absolute atomic E-state index is 0.0984. The molecule has 0 saturated carbocycles. The topological polar surface area (TPSA) is 82.5 Å². The molecular weight excluding hydrogens is 522 g/mol. The number of ether oxygens (including phenoxy) is 2. The summed E-state index contributed by atoms with van der Waals surface area (Å²) in [5, 5.41) is 17.2. The number of rotatable bonds is 10. The Balaban J connectivity index is 0.00000198. The molecule has 0 aliphatic carbocycles. The van der Waals surface area contributed by atoms with Gasteiger partial charge < -0.3 is 18.8 Å². The molecule has 5 rings (SSSR count). The number of likely N-dealkylation sites (tertiary alicyclic amines) is 1.